The van der Waals surface area contributed by atoms with Gasteiger partial charge in [0.25, 0.3) is 11.8 Å². The maximum atomic E-state index is 12.1. The Morgan fingerprint density at radius 3 is 2.46 bits per heavy atom. The van der Waals surface area contributed by atoms with E-state index in [1.54, 1.807) is 23.0 Å². The van der Waals surface area contributed by atoms with E-state index in [0.29, 0.717) is 30.4 Å². The summed E-state index contributed by atoms with van der Waals surface area (Å²) in [7, 11) is 0. The van der Waals surface area contributed by atoms with Crippen LogP contribution in [0.3, 0.4) is 0 Å². The van der Waals surface area contributed by atoms with Crippen molar-refractivity contribution in [3.05, 3.63) is 47.3 Å². The lowest BCUT2D eigenvalue weighted by Gasteiger charge is -2.22. The fourth-order valence-corrected chi connectivity index (χ4v) is 2.88. The van der Waals surface area contributed by atoms with E-state index in [1.165, 1.54) is 0 Å². The van der Waals surface area contributed by atoms with Gasteiger partial charge in [-0.05, 0) is 45.0 Å². The van der Waals surface area contributed by atoms with E-state index in [1.807, 2.05) is 19.1 Å². The van der Waals surface area contributed by atoms with Crippen molar-refractivity contribution in [1.82, 2.24) is 30.9 Å². The highest BCUT2D eigenvalue weighted by Crippen LogP contribution is 2.16. The first-order chi connectivity index (χ1) is 12.6. The van der Waals surface area contributed by atoms with Crippen molar-refractivity contribution < 1.29 is 9.59 Å². The molecule has 1 saturated heterocycles. The topological polar surface area (TPSA) is 101 Å². The van der Waals surface area contributed by atoms with E-state index in [-0.39, 0.29) is 11.8 Å². The highest BCUT2D eigenvalue weighted by Gasteiger charge is 2.18. The average molecular weight is 356 g/mol. The van der Waals surface area contributed by atoms with Gasteiger partial charge in [0.2, 0.25) is 0 Å². The Labute approximate surface area is 152 Å². The third-order valence-electron chi connectivity index (χ3n) is 4.44. The molecule has 0 unspecified atom stereocenters. The van der Waals surface area contributed by atoms with Crippen molar-refractivity contribution in [3.63, 3.8) is 0 Å². The minimum absolute atomic E-state index is 0.156. The molecule has 0 aliphatic carbocycles. The van der Waals surface area contributed by atoms with Gasteiger partial charge in [-0.1, -0.05) is 22.9 Å². The van der Waals surface area contributed by atoms with Gasteiger partial charge in [-0.3, -0.25) is 9.59 Å². The molecule has 0 saturated carbocycles. The van der Waals surface area contributed by atoms with Gasteiger partial charge in [0.15, 0.2) is 5.69 Å². The lowest BCUT2D eigenvalue weighted by Crippen LogP contribution is -2.34. The third kappa shape index (κ3) is 4.66. The lowest BCUT2D eigenvalue weighted by atomic mass is 10.1. The normalized spacial score (nSPS) is 14.8. The molecule has 2 amide bonds. The smallest absolute Gasteiger partial charge is 0.273 e. The molecule has 2 heterocycles. The Kier molecular flexibility index (Phi) is 5.96. The van der Waals surface area contributed by atoms with Gasteiger partial charge in [0.05, 0.1) is 12.2 Å². The Bertz CT molecular complexity index is 749. The van der Waals surface area contributed by atoms with Crippen LogP contribution in [0.15, 0.2) is 30.5 Å². The molecule has 1 fully saturated rings. The number of carbonyl (C=O) groups excluding carboxylic acids is 2. The van der Waals surface area contributed by atoms with E-state index < -0.39 is 0 Å². The molecule has 2 aromatic rings. The first-order valence-corrected chi connectivity index (χ1v) is 8.89. The van der Waals surface area contributed by atoms with Gasteiger partial charge in [0.1, 0.15) is 0 Å². The number of hydrogen-bond donors (Lipinski definition) is 3. The molecule has 26 heavy (non-hydrogen) atoms. The first kappa shape index (κ1) is 18.1. The fourth-order valence-electron chi connectivity index (χ4n) is 2.88. The summed E-state index contributed by atoms with van der Waals surface area (Å²) in [6.45, 7) is 4.55. The first-order valence-electron chi connectivity index (χ1n) is 8.89. The largest absolute Gasteiger partial charge is 0.350 e. The van der Waals surface area contributed by atoms with E-state index in [0.717, 1.165) is 31.5 Å². The predicted molar refractivity (Wildman–Crippen MR) is 97.0 cm³/mol. The number of aryl methyl sites for hydroxylation is 1. The Morgan fingerprint density at radius 1 is 1.12 bits per heavy atom. The minimum Gasteiger partial charge on any atom is -0.350 e. The van der Waals surface area contributed by atoms with Crippen LogP contribution in [-0.4, -0.2) is 53.0 Å². The summed E-state index contributed by atoms with van der Waals surface area (Å²) in [6.07, 6.45) is 3.65. The molecule has 3 rings (SSSR count). The van der Waals surface area contributed by atoms with Crippen molar-refractivity contribution in [2.75, 3.05) is 26.2 Å². The van der Waals surface area contributed by atoms with Crippen LogP contribution in [0.2, 0.25) is 0 Å². The van der Waals surface area contributed by atoms with Crippen LogP contribution in [0.4, 0.5) is 0 Å². The second-order valence-corrected chi connectivity index (χ2v) is 6.44. The van der Waals surface area contributed by atoms with Crippen molar-refractivity contribution >= 4 is 11.8 Å². The molecule has 0 radical (unpaired) electrons. The number of aromatic nitrogens is 3. The van der Waals surface area contributed by atoms with Crippen molar-refractivity contribution in [2.24, 2.45) is 0 Å². The van der Waals surface area contributed by atoms with Crippen LogP contribution in [0.1, 0.15) is 45.3 Å². The summed E-state index contributed by atoms with van der Waals surface area (Å²) in [6, 6.07) is 7.63. The monoisotopic (exact) mass is 356 g/mol. The molecule has 1 aliphatic rings. The maximum absolute atomic E-state index is 12.1. The number of amides is 2. The summed E-state index contributed by atoms with van der Waals surface area (Å²) in [5.41, 5.74) is 2.01. The van der Waals surface area contributed by atoms with Crippen molar-refractivity contribution in [2.45, 2.75) is 25.8 Å². The maximum Gasteiger partial charge on any atom is 0.273 e. The van der Waals surface area contributed by atoms with E-state index in [2.05, 4.69) is 26.3 Å². The molecular weight excluding hydrogens is 332 g/mol. The van der Waals surface area contributed by atoms with Crippen molar-refractivity contribution in [1.29, 1.82) is 0 Å². The molecule has 1 aromatic carbocycles. The van der Waals surface area contributed by atoms with Crippen molar-refractivity contribution in [3.8, 4) is 0 Å². The molecule has 138 valence electrons. The van der Waals surface area contributed by atoms with Gasteiger partial charge in [-0.15, -0.1) is 5.10 Å². The van der Waals surface area contributed by atoms with E-state index in [4.69, 9.17) is 0 Å². The van der Waals surface area contributed by atoms with Gasteiger partial charge >= 0.3 is 0 Å². The number of rotatable bonds is 6. The highest BCUT2D eigenvalue weighted by molar-refractivity contribution is 5.94. The predicted octanol–water partition coefficient (Wildman–Crippen LogP) is 0.671. The Balaban J connectivity index is 1.42. The summed E-state index contributed by atoms with van der Waals surface area (Å²) in [5, 5.41) is 16.9. The number of carbonyl (C=O) groups is 2. The molecule has 1 aliphatic heterocycles. The fraction of sp³-hybridized carbons (Fsp3) is 0.444. The van der Waals surface area contributed by atoms with Crippen LogP contribution >= 0.6 is 0 Å². The molecule has 8 heteroatoms. The number of hydrogen-bond acceptors (Lipinski definition) is 5. The number of nitrogens with zero attached hydrogens (tertiary/aromatic N) is 3. The van der Waals surface area contributed by atoms with Gasteiger partial charge in [0, 0.05) is 18.7 Å². The molecule has 1 aromatic heterocycles. The van der Waals surface area contributed by atoms with Crippen LogP contribution in [0.5, 0.6) is 0 Å². The zero-order valence-corrected chi connectivity index (χ0v) is 14.9. The number of piperidine rings is 1. The minimum atomic E-state index is -0.283. The zero-order chi connectivity index (χ0) is 18.4. The van der Waals surface area contributed by atoms with Crippen LogP contribution in [0.25, 0.3) is 0 Å². The summed E-state index contributed by atoms with van der Waals surface area (Å²) < 4.78 is 1.77. The van der Waals surface area contributed by atoms with E-state index >= 15 is 0 Å². The summed E-state index contributed by atoms with van der Waals surface area (Å²) in [5.74, 6) is -0.439. The molecule has 8 nitrogen and oxygen atoms in total. The summed E-state index contributed by atoms with van der Waals surface area (Å²) in [4.78, 5) is 24.1. The molecule has 0 bridgehead atoms. The van der Waals surface area contributed by atoms with Crippen LogP contribution in [0, 0.1) is 6.92 Å². The van der Waals surface area contributed by atoms with Crippen LogP contribution < -0.4 is 16.0 Å². The molecular formula is C18H24N6O2. The van der Waals surface area contributed by atoms with E-state index in [9.17, 15) is 9.59 Å². The number of benzene rings is 1. The highest BCUT2D eigenvalue weighted by atomic mass is 16.2. The standard InChI is InChI=1S/C18H24N6O2/c1-13-2-4-14(5-3-13)17(25)20-10-11-21-18(26)16-12-24(23-22-16)15-6-8-19-9-7-15/h2-5,12,15,19H,6-11H2,1H3,(H,20,25)(H,21,26). The molecule has 0 spiro atoms. The van der Waals surface area contributed by atoms with Crippen LogP contribution in [-0.2, 0) is 0 Å². The molecule has 0 atom stereocenters. The summed E-state index contributed by atoms with van der Waals surface area (Å²) >= 11 is 0. The molecule has 3 N–H and O–H groups in total. The Hall–Kier alpha value is -2.74. The average Bonchev–Trinajstić information content (AvgIpc) is 3.16. The van der Waals surface area contributed by atoms with Gasteiger partial charge in [-0.2, -0.15) is 0 Å². The lowest BCUT2D eigenvalue weighted by molar-refractivity contribution is 0.0925. The zero-order valence-electron chi connectivity index (χ0n) is 14.9. The van der Waals surface area contributed by atoms with Gasteiger partial charge in [-0.25, -0.2) is 4.68 Å². The Morgan fingerprint density at radius 2 is 1.77 bits per heavy atom. The second kappa shape index (κ2) is 8.57. The van der Waals surface area contributed by atoms with Gasteiger partial charge < -0.3 is 16.0 Å². The second-order valence-electron chi connectivity index (χ2n) is 6.44. The number of nitrogens with one attached hydrogen (secondary N) is 3. The quantitative estimate of drug-likeness (QED) is 0.661. The third-order valence-corrected chi connectivity index (χ3v) is 4.44. The SMILES string of the molecule is Cc1ccc(C(=O)NCCNC(=O)c2cn(C3CCNCC3)nn2)cc1.